The highest BCUT2D eigenvalue weighted by Gasteiger charge is 2.54. The second-order valence-corrected chi connectivity index (χ2v) is 19.8. The summed E-state index contributed by atoms with van der Waals surface area (Å²) in [5.41, 5.74) is 9.77. The summed E-state index contributed by atoms with van der Waals surface area (Å²) >= 11 is 0. The van der Waals surface area contributed by atoms with Crippen molar-refractivity contribution in [2.45, 2.75) is 111 Å². The number of aryl methyl sites for hydroxylation is 1. The van der Waals surface area contributed by atoms with Gasteiger partial charge < -0.3 is 29.2 Å². The number of fused-ring (bicyclic) bond motifs is 6. The number of cyclic esters (lactones) is 1. The van der Waals surface area contributed by atoms with Gasteiger partial charge in [-0.25, -0.2) is 5.43 Å². The highest BCUT2D eigenvalue weighted by Crippen LogP contribution is 2.44. The number of hydrazine groups is 1. The minimum Gasteiger partial charge on any atom is -0.464 e. The van der Waals surface area contributed by atoms with E-state index in [0.717, 1.165) is 50.1 Å². The van der Waals surface area contributed by atoms with Crippen LogP contribution in [0.15, 0.2) is 73.4 Å². The number of ether oxygens (including phenoxy) is 2. The van der Waals surface area contributed by atoms with Crippen LogP contribution in [0.4, 0.5) is 0 Å². The van der Waals surface area contributed by atoms with Gasteiger partial charge in [-0.3, -0.25) is 34.0 Å². The number of amides is 4. The van der Waals surface area contributed by atoms with Gasteiger partial charge in [0, 0.05) is 74.3 Å². The number of esters is 1. The van der Waals surface area contributed by atoms with Crippen LogP contribution >= 0.6 is 0 Å². The molecule has 0 aliphatic carbocycles. The minimum absolute atomic E-state index is 0.140. The normalized spacial score (nSPS) is 23.3. The van der Waals surface area contributed by atoms with Crippen molar-refractivity contribution < 1.29 is 33.4 Å². The molecule has 8 rings (SSSR count). The third kappa shape index (κ3) is 8.89. The summed E-state index contributed by atoms with van der Waals surface area (Å²) in [6, 6.07) is 16.0. The molecule has 2 aromatic carbocycles. The van der Waals surface area contributed by atoms with E-state index in [-0.39, 0.29) is 49.3 Å². The Bertz CT molecular complexity index is 2550. The first-order chi connectivity index (χ1) is 31.6. The molecule has 3 saturated heterocycles. The van der Waals surface area contributed by atoms with Gasteiger partial charge in [0.2, 0.25) is 17.7 Å². The number of nitrogens with one attached hydrogen (secondary N) is 2. The summed E-state index contributed by atoms with van der Waals surface area (Å²) in [6.45, 7) is 18.1. The number of rotatable bonds is 9. The fourth-order valence-corrected chi connectivity index (χ4v) is 10.7. The number of nitrogens with zero attached hydrogens (tertiary/aromatic N) is 5. The lowest BCUT2D eigenvalue weighted by Crippen LogP contribution is -2.62. The molecule has 66 heavy (non-hydrogen) atoms. The molecule has 4 aliphatic rings. The fourth-order valence-electron chi connectivity index (χ4n) is 10.7. The Balaban J connectivity index is 1.18. The highest BCUT2D eigenvalue weighted by atomic mass is 16.5. The van der Waals surface area contributed by atoms with Crippen LogP contribution in [0.25, 0.3) is 33.3 Å². The van der Waals surface area contributed by atoms with Crippen LogP contribution in [0.1, 0.15) is 90.2 Å². The van der Waals surface area contributed by atoms with E-state index in [9.17, 15) is 24.0 Å². The van der Waals surface area contributed by atoms with Crippen LogP contribution in [0.5, 0.6) is 0 Å². The van der Waals surface area contributed by atoms with Gasteiger partial charge in [0.25, 0.3) is 5.91 Å². The molecule has 6 bridgehead atoms. The molecule has 350 valence electrons. The van der Waals surface area contributed by atoms with E-state index in [2.05, 4.69) is 79.1 Å². The SMILES string of the molecule is C=CC(=O)N1CC[C@@]2(CCN(C(C(=O)N[C@H]3Cc4cccc(c4)-c4ccc5c(c4)c(c(-c4cccnc4[C@H](C)OC)n5CC)CC(C)(C)COC(=O)[C@@H]4CCCN(N4)C3=O)C(C)C)C2=O)C1. The third-order valence-electron chi connectivity index (χ3n) is 14.3. The van der Waals surface area contributed by atoms with Crippen molar-refractivity contribution in [3.05, 3.63) is 90.3 Å². The van der Waals surface area contributed by atoms with Crippen molar-refractivity contribution in [3.63, 3.8) is 0 Å². The molecule has 3 fully saturated rings. The molecule has 0 radical (unpaired) electrons. The largest absolute Gasteiger partial charge is 0.464 e. The molecule has 1 spiro atoms. The Kier molecular flexibility index (Phi) is 13.3. The molecule has 4 amide bonds. The van der Waals surface area contributed by atoms with Crippen molar-refractivity contribution in [1.29, 1.82) is 0 Å². The van der Waals surface area contributed by atoms with Crippen LogP contribution in [0.2, 0.25) is 0 Å². The first-order valence-electron chi connectivity index (χ1n) is 23.6. The summed E-state index contributed by atoms with van der Waals surface area (Å²) in [6.07, 6.45) is 5.64. The number of methoxy groups -OCH3 is 1. The maximum absolute atomic E-state index is 14.8. The van der Waals surface area contributed by atoms with E-state index in [1.165, 1.54) is 11.1 Å². The van der Waals surface area contributed by atoms with Gasteiger partial charge >= 0.3 is 5.97 Å². The number of likely N-dealkylation sites (tertiary alicyclic amines) is 2. The molecule has 6 heterocycles. The molecule has 2 N–H and O–H groups in total. The zero-order valence-corrected chi connectivity index (χ0v) is 39.5. The highest BCUT2D eigenvalue weighted by molar-refractivity contribution is 5.97. The van der Waals surface area contributed by atoms with E-state index in [1.807, 2.05) is 39.0 Å². The standard InChI is InChI=1S/C52H65N7O7/c1-9-43(60)56-24-20-52(30-56)21-25-58(50(52)64)45(32(3)4)47(61)54-41-27-34-14-11-15-35(26-34)36-18-19-42-38(28-36)39(46(57(42)10-2)37-16-12-22-53-44(37)33(5)65-8)29-51(6,7)31-66-49(63)40-17-13-23-59(55-40)48(41)62/h9,11-12,14-16,18-19,22,26,28,32-33,40-41,45,55H,1,10,13,17,20-21,23-25,27,29-31H2,2-8H3,(H,54,61)/t33-,40-,41-,45?,52+/m0/s1. The zero-order chi connectivity index (χ0) is 47.1. The predicted molar refractivity (Wildman–Crippen MR) is 252 cm³/mol. The molecule has 4 aromatic rings. The van der Waals surface area contributed by atoms with E-state index in [4.69, 9.17) is 14.5 Å². The Labute approximate surface area is 388 Å². The molecule has 14 nitrogen and oxygen atoms in total. The fraction of sp³-hybridized carbons (Fsp3) is 0.500. The molecule has 14 heteroatoms. The molecular formula is C52H65N7O7. The summed E-state index contributed by atoms with van der Waals surface area (Å²) in [4.78, 5) is 78.3. The van der Waals surface area contributed by atoms with Crippen LogP contribution in [-0.2, 0) is 52.8 Å². The van der Waals surface area contributed by atoms with Gasteiger partial charge in [-0.1, -0.05) is 64.6 Å². The number of aromatic nitrogens is 2. The second-order valence-electron chi connectivity index (χ2n) is 19.8. The topological polar surface area (TPSA) is 155 Å². The van der Waals surface area contributed by atoms with Crippen LogP contribution in [0.3, 0.4) is 0 Å². The van der Waals surface area contributed by atoms with Crippen molar-refractivity contribution in [3.8, 4) is 22.4 Å². The molecule has 4 aliphatic heterocycles. The average molecular weight is 900 g/mol. The Hall–Kier alpha value is -5.86. The van der Waals surface area contributed by atoms with E-state index < -0.39 is 40.8 Å². The van der Waals surface area contributed by atoms with Crippen LogP contribution < -0.4 is 10.7 Å². The lowest BCUT2D eigenvalue weighted by Gasteiger charge is -2.37. The molecular weight excluding hydrogens is 835 g/mol. The lowest BCUT2D eigenvalue weighted by atomic mass is 9.84. The maximum Gasteiger partial charge on any atom is 0.324 e. The van der Waals surface area contributed by atoms with Crippen molar-refractivity contribution in [2.75, 3.05) is 39.9 Å². The van der Waals surface area contributed by atoms with Gasteiger partial charge in [-0.2, -0.15) is 0 Å². The smallest absolute Gasteiger partial charge is 0.324 e. The van der Waals surface area contributed by atoms with Gasteiger partial charge in [0.15, 0.2) is 0 Å². The Morgan fingerprint density at radius 2 is 1.80 bits per heavy atom. The Morgan fingerprint density at radius 1 is 1.03 bits per heavy atom. The van der Waals surface area contributed by atoms with E-state index in [1.54, 1.807) is 23.1 Å². The van der Waals surface area contributed by atoms with Crippen molar-refractivity contribution in [1.82, 2.24) is 35.1 Å². The van der Waals surface area contributed by atoms with Gasteiger partial charge in [0.05, 0.1) is 29.5 Å². The summed E-state index contributed by atoms with van der Waals surface area (Å²) in [5, 5.41) is 5.64. The molecule has 5 atom stereocenters. The number of carbonyl (C=O) groups is 5. The number of hydrogen-bond donors (Lipinski definition) is 2. The first kappa shape index (κ1) is 46.7. The number of benzene rings is 2. The summed E-state index contributed by atoms with van der Waals surface area (Å²) in [7, 11) is 1.69. The van der Waals surface area contributed by atoms with Crippen molar-refractivity contribution in [2.24, 2.45) is 16.7 Å². The van der Waals surface area contributed by atoms with Gasteiger partial charge in [0.1, 0.15) is 18.1 Å². The third-order valence-corrected chi connectivity index (χ3v) is 14.3. The van der Waals surface area contributed by atoms with E-state index in [0.29, 0.717) is 58.3 Å². The summed E-state index contributed by atoms with van der Waals surface area (Å²) < 4.78 is 14.3. The predicted octanol–water partition coefficient (Wildman–Crippen LogP) is 6.41. The second kappa shape index (κ2) is 18.8. The average Bonchev–Trinajstić information content (AvgIpc) is 3.99. The zero-order valence-electron chi connectivity index (χ0n) is 39.5. The number of pyridine rings is 1. The molecule has 1 unspecified atom stereocenters. The minimum atomic E-state index is -1.04. The van der Waals surface area contributed by atoms with Gasteiger partial charge in [-0.05, 0) is 104 Å². The number of carbonyl (C=O) groups excluding carboxylic acids is 5. The van der Waals surface area contributed by atoms with Crippen LogP contribution in [0, 0.1) is 16.7 Å². The maximum atomic E-state index is 14.8. The number of hydrogen-bond acceptors (Lipinski definition) is 9. The monoisotopic (exact) mass is 899 g/mol. The quantitative estimate of drug-likeness (QED) is 0.143. The lowest BCUT2D eigenvalue weighted by molar-refractivity contribution is -0.155. The Morgan fingerprint density at radius 3 is 2.55 bits per heavy atom. The van der Waals surface area contributed by atoms with Crippen LogP contribution in [-0.4, -0.2) is 112 Å². The molecule has 0 saturated carbocycles. The first-order valence-corrected chi connectivity index (χ1v) is 23.6. The summed E-state index contributed by atoms with van der Waals surface area (Å²) in [5.74, 6) is -1.89. The van der Waals surface area contributed by atoms with Gasteiger partial charge in [-0.15, -0.1) is 0 Å². The van der Waals surface area contributed by atoms with Crippen molar-refractivity contribution >= 4 is 40.5 Å². The molecule has 2 aromatic heterocycles. The van der Waals surface area contributed by atoms with E-state index >= 15 is 0 Å².